The second-order valence-corrected chi connectivity index (χ2v) is 7.36. The third-order valence-corrected chi connectivity index (χ3v) is 5.24. The number of anilines is 1. The summed E-state index contributed by atoms with van der Waals surface area (Å²) >= 11 is 5.89. The van der Waals surface area contributed by atoms with Crippen LogP contribution < -0.4 is 9.46 Å². The first-order valence-electron chi connectivity index (χ1n) is 7.25. The lowest BCUT2D eigenvalue weighted by Crippen LogP contribution is -2.15. The monoisotopic (exact) mass is 394 g/mol. The van der Waals surface area contributed by atoms with Crippen LogP contribution in [0.2, 0.25) is 5.02 Å². The number of sulfonamides is 1. The van der Waals surface area contributed by atoms with Crippen molar-refractivity contribution in [2.45, 2.75) is 11.3 Å². The Bertz CT molecular complexity index is 1140. The van der Waals surface area contributed by atoms with E-state index in [0.717, 1.165) is 0 Å². The minimum atomic E-state index is -4.08. The van der Waals surface area contributed by atoms with Crippen molar-refractivity contribution in [2.24, 2.45) is 0 Å². The van der Waals surface area contributed by atoms with E-state index in [1.165, 1.54) is 19.4 Å². The summed E-state index contributed by atoms with van der Waals surface area (Å²) in [6.07, 6.45) is 1.08. The first kappa shape index (κ1) is 18.0. The summed E-state index contributed by atoms with van der Waals surface area (Å²) < 4.78 is 46.7. The van der Waals surface area contributed by atoms with Gasteiger partial charge in [0.15, 0.2) is 11.6 Å². The minimum Gasteiger partial charge on any atom is -0.493 e. The van der Waals surface area contributed by atoms with Crippen molar-refractivity contribution in [3.8, 4) is 11.8 Å². The average molecular weight is 395 g/mol. The summed E-state index contributed by atoms with van der Waals surface area (Å²) in [6, 6.07) is 7.75. The molecule has 0 bridgehead atoms. The molecule has 7 nitrogen and oxygen atoms in total. The first-order valence-corrected chi connectivity index (χ1v) is 9.11. The number of methoxy groups -OCH3 is 1. The molecule has 0 saturated carbocycles. The van der Waals surface area contributed by atoms with Gasteiger partial charge in [-0.25, -0.2) is 8.42 Å². The van der Waals surface area contributed by atoms with Crippen molar-refractivity contribution in [1.82, 2.24) is 9.97 Å². The number of nitrogens with one attached hydrogen (secondary N) is 2. The van der Waals surface area contributed by atoms with Crippen LogP contribution in [0, 0.1) is 17.3 Å². The maximum absolute atomic E-state index is 14.0. The Balaban J connectivity index is 2.04. The molecular weight excluding hydrogens is 383 g/mol. The summed E-state index contributed by atoms with van der Waals surface area (Å²) in [4.78, 5) is 6.36. The molecule has 0 saturated heterocycles. The van der Waals surface area contributed by atoms with Gasteiger partial charge in [-0.2, -0.15) is 14.6 Å². The Kier molecular flexibility index (Phi) is 4.71. The summed E-state index contributed by atoms with van der Waals surface area (Å²) in [7, 11) is -2.79. The molecular formula is C16H12ClFN4O3S. The number of hydrogen-bond acceptors (Lipinski definition) is 5. The lowest BCUT2D eigenvalue weighted by atomic mass is 10.2. The molecule has 134 valence electrons. The van der Waals surface area contributed by atoms with Crippen molar-refractivity contribution >= 4 is 38.3 Å². The smallest absolute Gasteiger partial charge is 0.265 e. The highest BCUT2D eigenvalue weighted by Gasteiger charge is 2.23. The molecule has 26 heavy (non-hydrogen) atoms. The lowest BCUT2D eigenvalue weighted by molar-refractivity contribution is 0.412. The second-order valence-electron chi connectivity index (χ2n) is 5.27. The Labute approximate surface area is 153 Å². The molecule has 2 heterocycles. The van der Waals surface area contributed by atoms with Crippen molar-refractivity contribution in [1.29, 1.82) is 5.26 Å². The predicted octanol–water partition coefficient (Wildman–Crippen LogP) is 3.23. The molecule has 0 unspecified atom stereocenters. The van der Waals surface area contributed by atoms with Gasteiger partial charge in [0, 0.05) is 27.7 Å². The van der Waals surface area contributed by atoms with Gasteiger partial charge in [0.2, 0.25) is 5.95 Å². The van der Waals surface area contributed by atoms with Gasteiger partial charge in [0.25, 0.3) is 10.0 Å². The molecule has 0 aliphatic carbocycles. The van der Waals surface area contributed by atoms with Crippen LogP contribution in [-0.2, 0) is 16.4 Å². The average Bonchev–Trinajstić information content (AvgIpc) is 3.01. The van der Waals surface area contributed by atoms with E-state index in [9.17, 15) is 12.8 Å². The van der Waals surface area contributed by atoms with Gasteiger partial charge in [-0.05, 0) is 24.3 Å². The highest BCUT2D eigenvalue weighted by Crippen LogP contribution is 2.30. The fourth-order valence-electron chi connectivity index (χ4n) is 2.43. The molecule has 0 spiro atoms. The standard InChI is InChI=1S/C16H12ClFN4O3S/c1-25-13-6-9(4-5-19)15(18)21-16(13)22-26(23,24)14-8-20-12-7-10(17)2-3-11(12)14/h2-3,6-8,20H,4H2,1H3,(H,21,22). The van der Waals surface area contributed by atoms with E-state index >= 15 is 0 Å². The van der Waals surface area contributed by atoms with Crippen molar-refractivity contribution < 1.29 is 17.5 Å². The first-order chi connectivity index (χ1) is 12.4. The molecule has 0 fully saturated rings. The molecule has 0 aliphatic heterocycles. The van der Waals surface area contributed by atoms with Crippen LogP contribution in [0.4, 0.5) is 10.2 Å². The predicted molar refractivity (Wildman–Crippen MR) is 94.2 cm³/mol. The molecule has 10 heteroatoms. The van der Waals surface area contributed by atoms with Crippen LogP contribution in [0.1, 0.15) is 5.56 Å². The van der Waals surface area contributed by atoms with Gasteiger partial charge in [0.1, 0.15) is 4.90 Å². The van der Waals surface area contributed by atoms with E-state index < -0.39 is 16.0 Å². The number of pyridine rings is 1. The van der Waals surface area contributed by atoms with Crippen LogP contribution >= 0.6 is 11.6 Å². The van der Waals surface area contributed by atoms with E-state index in [1.54, 1.807) is 24.3 Å². The number of hydrogen-bond donors (Lipinski definition) is 2. The van der Waals surface area contributed by atoms with Crippen LogP contribution in [0.5, 0.6) is 5.75 Å². The largest absolute Gasteiger partial charge is 0.493 e. The zero-order valence-corrected chi connectivity index (χ0v) is 14.9. The van der Waals surface area contributed by atoms with E-state index in [0.29, 0.717) is 15.9 Å². The summed E-state index contributed by atoms with van der Waals surface area (Å²) in [5.74, 6) is -1.26. The molecule has 2 aromatic heterocycles. The second kappa shape index (κ2) is 6.82. The summed E-state index contributed by atoms with van der Waals surface area (Å²) in [5.41, 5.74) is 0.544. The molecule has 0 amide bonds. The Morgan fingerprint density at radius 1 is 1.42 bits per heavy atom. The quantitative estimate of drug-likeness (QED) is 0.646. The normalized spacial score (nSPS) is 11.3. The number of fused-ring (bicyclic) bond motifs is 1. The van der Waals surface area contributed by atoms with Crippen LogP contribution in [0.25, 0.3) is 10.9 Å². The number of rotatable bonds is 5. The van der Waals surface area contributed by atoms with Crippen molar-refractivity contribution in [3.63, 3.8) is 0 Å². The highest BCUT2D eigenvalue weighted by atomic mass is 35.5. The third kappa shape index (κ3) is 3.29. The fourth-order valence-corrected chi connectivity index (χ4v) is 3.79. The minimum absolute atomic E-state index is 0.00288. The number of aromatic amines is 1. The van der Waals surface area contributed by atoms with E-state index in [4.69, 9.17) is 21.6 Å². The van der Waals surface area contributed by atoms with Gasteiger partial charge < -0.3 is 9.72 Å². The van der Waals surface area contributed by atoms with E-state index in [-0.39, 0.29) is 28.4 Å². The van der Waals surface area contributed by atoms with E-state index in [1.807, 2.05) is 0 Å². The maximum atomic E-state index is 14.0. The number of nitriles is 1. The van der Waals surface area contributed by atoms with Crippen molar-refractivity contribution in [3.05, 3.63) is 47.0 Å². The molecule has 0 aliphatic rings. The topological polar surface area (TPSA) is 108 Å². The Morgan fingerprint density at radius 3 is 2.88 bits per heavy atom. The fraction of sp³-hybridized carbons (Fsp3) is 0.125. The Morgan fingerprint density at radius 2 is 2.19 bits per heavy atom. The SMILES string of the molecule is COc1cc(CC#N)c(F)nc1NS(=O)(=O)c1c[nH]c2cc(Cl)ccc12. The summed E-state index contributed by atoms with van der Waals surface area (Å²) in [5, 5.41) is 9.57. The van der Waals surface area contributed by atoms with Gasteiger partial charge in [0.05, 0.1) is 19.6 Å². The summed E-state index contributed by atoms with van der Waals surface area (Å²) in [6.45, 7) is 0. The van der Waals surface area contributed by atoms with E-state index in [2.05, 4.69) is 14.7 Å². The van der Waals surface area contributed by atoms with Gasteiger partial charge in [-0.3, -0.25) is 4.72 Å². The number of H-pyrrole nitrogens is 1. The Hall–Kier alpha value is -2.83. The molecule has 1 aromatic carbocycles. The molecule has 3 aromatic rings. The number of benzene rings is 1. The number of ether oxygens (including phenoxy) is 1. The maximum Gasteiger partial charge on any atom is 0.265 e. The van der Waals surface area contributed by atoms with Crippen LogP contribution in [-0.4, -0.2) is 25.5 Å². The number of halogens is 2. The number of aromatic nitrogens is 2. The zero-order valence-electron chi connectivity index (χ0n) is 13.4. The molecule has 0 atom stereocenters. The highest BCUT2D eigenvalue weighted by molar-refractivity contribution is 7.93. The van der Waals surface area contributed by atoms with Crippen molar-refractivity contribution in [2.75, 3.05) is 11.8 Å². The zero-order chi connectivity index (χ0) is 18.9. The van der Waals surface area contributed by atoms with Gasteiger partial charge >= 0.3 is 0 Å². The molecule has 0 radical (unpaired) electrons. The van der Waals surface area contributed by atoms with Gasteiger partial charge in [-0.15, -0.1) is 0 Å². The lowest BCUT2D eigenvalue weighted by Gasteiger charge is -2.12. The van der Waals surface area contributed by atoms with Crippen LogP contribution in [0.15, 0.2) is 35.4 Å². The molecule has 2 N–H and O–H groups in total. The number of nitrogens with zero attached hydrogens (tertiary/aromatic N) is 2. The third-order valence-electron chi connectivity index (χ3n) is 3.63. The van der Waals surface area contributed by atoms with Gasteiger partial charge in [-0.1, -0.05) is 11.6 Å². The molecule has 3 rings (SSSR count). The van der Waals surface area contributed by atoms with Crippen LogP contribution in [0.3, 0.4) is 0 Å².